The van der Waals surface area contributed by atoms with E-state index < -0.39 is 0 Å². The van der Waals surface area contributed by atoms with Crippen LogP contribution in [0.4, 0.5) is 0 Å². The Morgan fingerprint density at radius 2 is 2.25 bits per heavy atom. The van der Waals surface area contributed by atoms with Gasteiger partial charge in [-0.05, 0) is 30.5 Å². The maximum absolute atomic E-state index is 12.2. The van der Waals surface area contributed by atoms with Crippen LogP contribution in [0.1, 0.15) is 41.9 Å². The standard InChI is InChI=1S/C17H22N4O3/c1-2-8-24-15-5-3-13(4-6-15)10-18-17(22)16-11-21(20-19-16)14-7-9-23-12-14/h3-6,11,14H,2,7-10,12H2,1H3,(H,18,22). The third-order valence-corrected chi connectivity index (χ3v) is 3.87. The van der Waals surface area contributed by atoms with Gasteiger partial charge in [0.1, 0.15) is 5.75 Å². The van der Waals surface area contributed by atoms with Crippen LogP contribution in [0.25, 0.3) is 0 Å². The molecule has 128 valence electrons. The molecule has 1 saturated heterocycles. The average Bonchev–Trinajstić information content (AvgIpc) is 3.29. The second kappa shape index (κ2) is 7.92. The molecule has 1 fully saturated rings. The van der Waals surface area contributed by atoms with Gasteiger partial charge in [0, 0.05) is 13.2 Å². The van der Waals surface area contributed by atoms with Crippen molar-refractivity contribution in [2.24, 2.45) is 0 Å². The number of nitrogens with zero attached hydrogens (tertiary/aromatic N) is 3. The zero-order chi connectivity index (χ0) is 16.8. The molecule has 0 saturated carbocycles. The number of hydrogen-bond donors (Lipinski definition) is 1. The van der Waals surface area contributed by atoms with Crippen molar-refractivity contribution >= 4 is 5.91 Å². The van der Waals surface area contributed by atoms with E-state index in [9.17, 15) is 4.79 Å². The maximum atomic E-state index is 12.2. The normalized spacial score (nSPS) is 17.0. The first-order valence-electron chi connectivity index (χ1n) is 8.26. The number of aromatic nitrogens is 3. The molecule has 1 aliphatic heterocycles. The molecule has 7 heteroatoms. The van der Waals surface area contributed by atoms with Gasteiger partial charge in [-0.25, -0.2) is 4.68 Å². The quantitative estimate of drug-likeness (QED) is 0.839. The van der Waals surface area contributed by atoms with Gasteiger partial charge in [0.2, 0.25) is 0 Å². The Labute approximate surface area is 141 Å². The van der Waals surface area contributed by atoms with E-state index in [0.717, 1.165) is 30.8 Å². The van der Waals surface area contributed by atoms with E-state index in [0.29, 0.717) is 25.5 Å². The van der Waals surface area contributed by atoms with Gasteiger partial charge in [0.25, 0.3) is 5.91 Å². The second-order valence-electron chi connectivity index (χ2n) is 5.78. The lowest BCUT2D eigenvalue weighted by Crippen LogP contribution is -2.23. The summed E-state index contributed by atoms with van der Waals surface area (Å²) in [5, 5.41) is 10.8. The van der Waals surface area contributed by atoms with Crippen LogP contribution in [0.15, 0.2) is 30.5 Å². The molecular formula is C17H22N4O3. The van der Waals surface area contributed by atoms with Crippen molar-refractivity contribution in [1.82, 2.24) is 20.3 Å². The molecule has 1 aromatic heterocycles. The molecule has 0 bridgehead atoms. The van der Waals surface area contributed by atoms with Crippen molar-refractivity contribution in [3.05, 3.63) is 41.7 Å². The first-order chi connectivity index (χ1) is 11.8. The lowest BCUT2D eigenvalue weighted by molar-refractivity contribution is 0.0945. The summed E-state index contributed by atoms with van der Waals surface area (Å²) in [7, 11) is 0. The minimum atomic E-state index is -0.230. The minimum absolute atomic E-state index is 0.176. The van der Waals surface area contributed by atoms with Gasteiger partial charge in [-0.15, -0.1) is 5.10 Å². The van der Waals surface area contributed by atoms with E-state index in [2.05, 4.69) is 22.6 Å². The minimum Gasteiger partial charge on any atom is -0.494 e. The SMILES string of the molecule is CCCOc1ccc(CNC(=O)c2cn(C3CCOC3)nn2)cc1. The summed E-state index contributed by atoms with van der Waals surface area (Å²) < 4.78 is 12.6. The molecule has 3 rings (SSSR count). The summed E-state index contributed by atoms with van der Waals surface area (Å²) in [4.78, 5) is 12.2. The fraction of sp³-hybridized carbons (Fsp3) is 0.471. The van der Waals surface area contributed by atoms with Gasteiger partial charge in [-0.3, -0.25) is 4.79 Å². The van der Waals surface area contributed by atoms with Crippen molar-refractivity contribution in [3.63, 3.8) is 0 Å². The summed E-state index contributed by atoms with van der Waals surface area (Å²) in [6, 6.07) is 7.88. The van der Waals surface area contributed by atoms with E-state index in [1.165, 1.54) is 0 Å². The summed E-state index contributed by atoms with van der Waals surface area (Å²) >= 11 is 0. The van der Waals surface area contributed by atoms with Crippen molar-refractivity contribution in [2.45, 2.75) is 32.4 Å². The predicted octanol–water partition coefficient (Wildman–Crippen LogP) is 1.96. The highest BCUT2D eigenvalue weighted by molar-refractivity contribution is 5.91. The van der Waals surface area contributed by atoms with Gasteiger partial charge in [0.05, 0.1) is 25.5 Å². The van der Waals surface area contributed by atoms with Gasteiger partial charge in [-0.2, -0.15) is 0 Å². The Balaban J connectivity index is 1.51. The highest BCUT2D eigenvalue weighted by Gasteiger charge is 2.20. The number of rotatable bonds is 7. The Kier molecular flexibility index (Phi) is 5.43. The number of amides is 1. The molecule has 1 atom stereocenters. The third kappa shape index (κ3) is 4.11. The van der Waals surface area contributed by atoms with Crippen LogP contribution in [0.3, 0.4) is 0 Å². The van der Waals surface area contributed by atoms with Crippen molar-refractivity contribution < 1.29 is 14.3 Å². The fourth-order valence-corrected chi connectivity index (χ4v) is 2.49. The molecular weight excluding hydrogens is 308 g/mol. The fourth-order valence-electron chi connectivity index (χ4n) is 2.49. The van der Waals surface area contributed by atoms with Crippen LogP contribution >= 0.6 is 0 Å². The number of benzene rings is 1. The van der Waals surface area contributed by atoms with Crippen LogP contribution in [0.5, 0.6) is 5.75 Å². The molecule has 0 radical (unpaired) electrons. The molecule has 0 aliphatic carbocycles. The van der Waals surface area contributed by atoms with E-state index in [1.54, 1.807) is 10.9 Å². The Morgan fingerprint density at radius 3 is 2.96 bits per heavy atom. The number of ether oxygens (including phenoxy) is 2. The van der Waals surface area contributed by atoms with E-state index in [1.807, 2.05) is 24.3 Å². The zero-order valence-corrected chi connectivity index (χ0v) is 13.8. The molecule has 1 aromatic carbocycles. The molecule has 0 spiro atoms. The largest absolute Gasteiger partial charge is 0.494 e. The Morgan fingerprint density at radius 1 is 1.42 bits per heavy atom. The van der Waals surface area contributed by atoms with Gasteiger partial charge >= 0.3 is 0 Å². The first kappa shape index (κ1) is 16.4. The van der Waals surface area contributed by atoms with Crippen molar-refractivity contribution in [1.29, 1.82) is 0 Å². The third-order valence-electron chi connectivity index (χ3n) is 3.87. The van der Waals surface area contributed by atoms with E-state index >= 15 is 0 Å². The predicted molar refractivity (Wildman–Crippen MR) is 87.9 cm³/mol. The maximum Gasteiger partial charge on any atom is 0.273 e. The highest BCUT2D eigenvalue weighted by atomic mass is 16.5. The smallest absolute Gasteiger partial charge is 0.273 e. The topological polar surface area (TPSA) is 78.3 Å². The van der Waals surface area contributed by atoms with Crippen LogP contribution < -0.4 is 10.1 Å². The van der Waals surface area contributed by atoms with Crippen molar-refractivity contribution in [3.8, 4) is 5.75 Å². The number of carbonyl (C=O) groups is 1. The van der Waals surface area contributed by atoms with Gasteiger partial charge in [-0.1, -0.05) is 24.3 Å². The first-order valence-corrected chi connectivity index (χ1v) is 8.26. The van der Waals surface area contributed by atoms with Crippen LogP contribution in [-0.4, -0.2) is 40.7 Å². The lowest BCUT2D eigenvalue weighted by atomic mass is 10.2. The van der Waals surface area contributed by atoms with Crippen LogP contribution in [-0.2, 0) is 11.3 Å². The Bertz CT molecular complexity index is 663. The summed E-state index contributed by atoms with van der Waals surface area (Å²) in [6.07, 6.45) is 3.55. The lowest BCUT2D eigenvalue weighted by Gasteiger charge is -2.07. The van der Waals surface area contributed by atoms with Crippen LogP contribution in [0, 0.1) is 0 Å². The molecule has 24 heavy (non-hydrogen) atoms. The molecule has 1 amide bonds. The van der Waals surface area contributed by atoms with E-state index in [4.69, 9.17) is 9.47 Å². The van der Waals surface area contributed by atoms with Crippen molar-refractivity contribution in [2.75, 3.05) is 19.8 Å². The van der Waals surface area contributed by atoms with Gasteiger partial charge in [0.15, 0.2) is 5.69 Å². The number of nitrogens with one attached hydrogen (secondary N) is 1. The zero-order valence-electron chi connectivity index (χ0n) is 13.8. The highest BCUT2D eigenvalue weighted by Crippen LogP contribution is 2.17. The summed E-state index contributed by atoms with van der Waals surface area (Å²) in [5.74, 6) is 0.611. The average molecular weight is 330 g/mol. The summed E-state index contributed by atoms with van der Waals surface area (Å²) in [5.41, 5.74) is 1.33. The number of hydrogen-bond acceptors (Lipinski definition) is 5. The molecule has 7 nitrogen and oxygen atoms in total. The molecule has 2 aromatic rings. The van der Waals surface area contributed by atoms with Crippen LogP contribution in [0.2, 0.25) is 0 Å². The monoisotopic (exact) mass is 330 g/mol. The molecule has 1 N–H and O–H groups in total. The molecule has 1 unspecified atom stereocenters. The Hall–Kier alpha value is -2.41. The number of carbonyl (C=O) groups excluding carboxylic acids is 1. The van der Waals surface area contributed by atoms with Gasteiger partial charge < -0.3 is 14.8 Å². The summed E-state index contributed by atoms with van der Waals surface area (Å²) in [6.45, 7) is 4.56. The van der Waals surface area contributed by atoms with E-state index in [-0.39, 0.29) is 11.9 Å². The molecule has 1 aliphatic rings. The second-order valence-corrected chi connectivity index (χ2v) is 5.78. The molecule has 2 heterocycles.